The minimum Gasteiger partial charge on any atom is -0.335 e. The number of amides is 1. The molecule has 6 heteroatoms. The average Bonchev–Trinajstić information content (AvgIpc) is 3.11. The molecule has 0 spiro atoms. The molecule has 1 aliphatic heterocycles. The van der Waals surface area contributed by atoms with Crippen molar-refractivity contribution in [3.05, 3.63) is 41.7 Å². The van der Waals surface area contributed by atoms with Gasteiger partial charge in [0.05, 0.1) is 11.9 Å². The molecule has 1 fully saturated rings. The highest BCUT2D eigenvalue weighted by Crippen LogP contribution is 2.11. The van der Waals surface area contributed by atoms with E-state index in [0.29, 0.717) is 5.69 Å². The van der Waals surface area contributed by atoms with Gasteiger partial charge in [-0.25, -0.2) is 4.68 Å². The Morgan fingerprint density at radius 1 is 1.09 bits per heavy atom. The first-order chi connectivity index (χ1) is 11.2. The van der Waals surface area contributed by atoms with Crippen LogP contribution in [0.15, 0.2) is 30.5 Å². The Balaban J connectivity index is 1.69. The van der Waals surface area contributed by atoms with E-state index in [1.807, 2.05) is 17.0 Å². The summed E-state index contributed by atoms with van der Waals surface area (Å²) >= 11 is 0. The molecule has 0 N–H and O–H groups in total. The molecule has 2 heterocycles. The molecule has 0 bridgehead atoms. The van der Waals surface area contributed by atoms with E-state index in [-0.39, 0.29) is 5.91 Å². The number of piperazine rings is 1. The molecular formula is C17H23N5O. The van der Waals surface area contributed by atoms with Gasteiger partial charge in [-0.05, 0) is 30.7 Å². The van der Waals surface area contributed by atoms with Gasteiger partial charge in [-0.3, -0.25) is 4.79 Å². The van der Waals surface area contributed by atoms with Crippen molar-refractivity contribution < 1.29 is 4.79 Å². The lowest BCUT2D eigenvalue weighted by Crippen LogP contribution is -2.48. The van der Waals surface area contributed by atoms with E-state index in [1.54, 1.807) is 10.9 Å². The lowest BCUT2D eigenvalue weighted by molar-refractivity contribution is 0.0637. The second-order valence-corrected chi connectivity index (χ2v) is 5.79. The van der Waals surface area contributed by atoms with Crippen LogP contribution in [0.5, 0.6) is 0 Å². The number of likely N-dealkylation sites (N-methyl/N-ethyl adjacent to an activating group) is 1. The van der Waals surface area contributed by atoms with Gasteiger partial charge in [-0.2, -0.15) is 0 Å². The predicted octanol–water partition coefficient (Wildman–Crippen LogP) is 1.61. The largest absolute Gasteiger partial charge is 0.335 e. The second-order valence-electron chi connectivity index (χ2n) is 5.79. The van der Waals surface area contributed by atoms with E-state index in [1.165, 1.54) is 5.56 Å². The zero-order valence-electron chi connectivity index (χ0n) is 13.8. The van der Waals surface area contributed by atoms with Crippen molar-refractivity contribution in [3.8, 4) is 5.69 Å². The van der Waals surface area contributed by atoms with Gasteiger partial charge < -0.3 is 9.80 Å². The van der Waals surface area contributed by atoms with Crippen molar-refractivity contribution in [2.45, 2.75) is 20.3 Å². The van der Waals surface area contributed by atoms with Crippen LogP contribution in [0.25, 0.3) is 5.69 Å². The number of hydrogen-bond acceptors (Lipinski definition) is 4. The molecule has 0 atom stereocenters. The molecule has 2 aromatic rings. The molecule has 1 saturated heterocycles. The summed E-state index contributed by atoms with van der Waals surface area (Å²) < 4.78 is 1.66. The molecule has 0 aliphatic carbocycles. The van der Waals surface area contributed by atoms with Crippen molar-refractivity contribution in [3.63, 3.8) is 0 Å². The Hall–Kier alpha value is -2.21. The first-order valence-corrected chi connectivity index (χ1v) is 8.24. The van der Waals surface area contributed by atoms with Gasteiger partial charge in [0.2, 0.25) is 0 Å². The van der Waals surface area contributed by atoms with Gasteiger partial charge in [-0.1, -0.05) is 31.2 Å². The van der Waals surface area contributed by atoms with Crippen molar-refractivity contribution in [1.29, 1.82) is 0 Å². The number of benzene rings is 1. The molecule has 1 amide bonds. The van der Waals surface area contributed by atoms with Gasteiger partial charge >= 0.3 is 0 Å². The van der Waals surface area contributed by atoms with E-state index < -0.39 is 0 Å². The van der Waals surface area contributed by atoms with Gasteiger partial charge in [0, 0.05) is 26.2 Å². The van der Waals surface area contributed by atoms with E-state index >= 15 is 0 Å². The molecule has 1 aromatic carbocycles. The Labute approximate surface area is 136 Å². The van der Waals surface area contributed by atoms with Crippen LogP contribution in [0.4, 0.5) is 0 Å². The van der Waals surface area contributed by atoms with E-state index in [2.05, 4.69) is 41.2 Å². The fraction of sp³-hybridized carbons (Fsp3) is 0.471. The van der Waals surface area contributed by atoms with Gasteiger partial charge in [0.15, 0.2) is 5.69 Å². The molecular weight excluding hydrogens is 290 g/mol. The third-order valence-corrected chi connectivity index (χ3v) is 4.43. The van der Waals surface area contributed by atoms with Crippen LogP contribution >= 0.6 is 0 Å². The van der Waals surface area contributed by atoms with Crippen LogP contribution in [0.1, 0.15) is 29.9 Å². The summed E-state index contributed by atoms with van der Waals surface area (Å²) in [7, 11) is 0. The third-order valence-electron chi connectivity index (χ3n) is 4.43. The molecule has 3 rings (SSSR count). The van der Waals surface area contributed by atoms with Crippen LogP contribution in [-0.2, 0) is 6.42 Å². The molecule has 0 saturated carbocycles. The van der Waals surface area contributed by atoms with Crippen LogP contribution in [-0.4, -0.2) is 63.4 Å². The summed E-state index contributed by atoms with van der Waals surface area (Å²) in [5.41, 5.74) is 2.61. The van der Waals surface area contributed by atoms with E-state index in [4.69, 9.17) is 0 Å². The molecule has 1 aliphatic rings. The summed E-state index contributed by atoms with van der Waals surface area (Å²) in [6.07, 6.45) is 2.72. The van der Waals surface area contributed by atoms with E-state index in [9.17, 15) is 4.79 Å². The first-order valence-electron chi connectivity index (χ1n) is 8.24. The lowest BCUT2D eigenvalue weighted by Gasteiger charge is -2.33. The number of rotatable bonds is 4. The highest BCUT2D eigenvalue weighted by Gasteiger charge is 2.23. The quantitative estimate of drug-likeness (QED) is 0.860. The molecule has 0 radical (unpaired) electrons. The maximum absolute atomic E-state index is 12.5. The number of hydrogen-bond donors (Lipinski definition) is 0. The molecule has 0 unspecified atom stereocenters. The van der Waals surface area contributed by atoms with Crippen molar-refractivity contribution in [1.82, 2.24) is 24.8 Å². The summed E-state index contributed by atoms with van der Waals surface area (Å²) in [5.74, 6) is -0.0304. The minimum atomic E-state index is -0.0304. The van der Waals surface area contributed by atoms with Crippen LogP contribution in [0.2, 0.25) is 0 Å². The average molecular weight is 313 g/mol. The molecule has 23 heavy (non-hydrogen) atoms. The number of aromatic nitrogens is 3. The number of carbonyl (C=O) groups excluding carboxylic acids is 1. The number of aryl methyl sites for hydroxylation is 1. The SMILES string of the molecule is CCc1ccc(-n2cc(C(=O)N3CCN(CC)CC3)nn2)cc1. The molecule has 6 nitrogen and oxygen atoms in total. The van der Waals surface area contributed by atoms with Crippen LogP contribution in [0.3, 0.4) is 0 Å². The Morgan fingerprint density at radius 3 is 2.39 bits per heavy atom. The van der Waals surface area contributed by atoms with Crippen molar-refractivity contribution in [2.24, 2.45) is 0 Å². The van der Waals surface area contributed by atoms with Crippen molar-refractivity contribution >= 4 is 5.91 Å². The smallest absolute Gasteiger partial charge is 0.276 e. The molecule has 1 aromatic heterocycles. The fourth-order valence-electron chi connectivity index (χ4n) is 2.80. The van der Waals surface area contributed by atoms with Gasteiger partial charge in [0.25, 0.3) is 5.91 Å². The Kier molecular flexibility index (Phi) is 4.71. The monoisotopic (exact) mass is 313 g/mol. The zero-order valence-corrected chi connectivity index (χ0v) is 13.8. The highest BCUT2D eigenvalue weighted by atomic mass is 16.2. The minimum absolute atomic E-state index is 0.0304. The Morgan fingerprint density at radius 2 is 1.78 bits per heavy atom. The second kappa shape index (κ2) is 6.91. The van der Waals surface area contributed by atoms with Crippen LogP contribution < -0.4 is 0 Å². The predicted molar refractivity (Wildman–Crippen MR) is 88.8 cm³/mol. The fourth-order valence-corrected chi connectivity index (χ4v) is 2.80. The summed E-state index contributed by atoms with van der Waals surface area (Å²) in [4.78, 5) is 16.7. The maximum atomic E-state index is 12.5. The highest BCUT2D eigenvalue weighted by molar-refractivity contribution is 5.92. The Bertz CT molecular complexity index is 656. The standard InChI is InChI=1S/C17H23N5O/c1-3-14-5-7-15(8-6-14)22-13-16(18-19-22)17(23)21-11-9-20(4-2)10-12-21/h5-8,13H,3-4,9-12H2,1-2H3. The topological polar surface area (TPSA) is 54.3 Å². The maximum Gasteiger partial charge on any atom is 0.276 e. The summed E-state index contributed by atoms with van der Waals surface area (Å²) in [5, 5.41) is 8.16. The number of nitrogens with zero attached hydrogens (tertiary/aromatic N) is 5. The summed E-state index contributed by atoms with van der Waals surface area (Å²) in [6.45, 7) is 8.66. The zero-order chi connectivity index (χ0) is 16.2. The molecule has 122 valence electrons. The summed E-state index contributed by atoms with van der Waals surface area (Å²) in [6, 6.07) is 8.15. The van der Waals surface area contributed by atoms with Crippen molar-refractivity contribution in [2.75, 3.05) is 32.7 Å². The normalized spacial score (nSPS) is 15.8. The first kappa shape index (κ1) is 15.7. The number of carbonyl (C=O) groups is 1. The van der Waals surface area contributed by atoms with E-state index in [0.717, 1.165) is 44.8 Å². The third kappa shape index (κ3) is 3.42. The van der Waals surface area contributed by atoms with Gasteiger partial charge in [-0.15, -0.1) is 5.10 Å². The van der Waals surface area contributed by atoms with Crippen LogP contribution in [0, 0.1) is 0 Å². The van der Waals surface area contributed by atoms with Gasteiger partial charge in [0.1, 0.15) is 0 Å². The lowest BCUT2D eigenvalue weighted by atomic mass is 10.1.